The lowest BCUT2D eigenvalue weighted by molar-refractivity contribution is -0.119. The van der Waals surface area contributed by atoms with E-state index in [1.165, 1.54) is 26.0 Å². The molecule has 1 aliphatic carbocycles. The van der Waals surface area contributed by atoms with Gasteiger partial charge in [-0.25, -0.2) is 0 Å². The Morgan fingerprint density at radius 3 is 2.17 bits per heavy atom. The number of benzene rings is 1. The minimum atomic E-state index is -1.46. The van der Waals surface area contributed by atoms with Crippen LogP contribution in [0.2, 0.25) is 0 Å². The molecule has 0 aliphatic heterocycles. The summed E-state index contributed by atoms with van der Waals surface area (Å²) in [6.45, 7) is 3.58. The maximum Gasteiger partial charge on any atom is 0.234 e. The molecule has 30 heavy (non-hydrogen) atoms. The van der Waals surface area contributed by atoms with E-state index in [1.54, 1.807) is 0 Å². The quantitative estimate of drug-likeness (QED) is 0.420. The Bertz CT molecular complexity index is 906. The van der Waals surface area contributed by atoms with Gasteiger partial charge in [-0.1, -0.05) is 0 Å². The van der Waals surface area contributed by atoms with Gasteiger partial charge in [0, 0.05) is 33.4 Å². The number of carbonyl (C=O) groups excluding carboxylic acids is 3. The van der Waals surface area contributed by atoms with E-state index in [2.05, 4.69) is 58.4 Å². The highest BCUT2D eigenvalue weighted by Gasteiger charge is 2.33. The van der Waals surface area contributed by atoms with E-state index in [1.807, 2.05) is 12.1 Å². The summed E-state index contributed by atoms with van der Waals surface area (Å²) in [5.74, 6) is -0.375. The van der Waals surface area contributed by atoms with E-state index in [-0.39, 0.29) is 35.0 Å². The highest BCUT2D eigenvalue weighted by molar-refractivity contribution is 9.12. The van der Waals surface area contributed by atoms with Gasteiger partial charge in [0.25, 0.3) is 0 Å². The van der Waals surface area contributed by atoms with Gasteiger partial charge in [-0.2, -0.15) is 0 Å². The Hall–Kier alpha value is -1.49. The lowest BCUT2D eigenvalue weighted by Gasteiger charge is -2.26. The molecule has 0 radical (unpaired) electrons. The molecule has 0 fully saturated rings. The van der Waals surface area contributed by atoms with Gasteiger partial charge in [0.15, 0.2) is 11.5 Å². The Morgan fingerprint density at radius 1 is 1.03 bits per heavy atom. The van der Waals surface area contributed by atoms with Crippen LogP contribution in [0, 0.1) is 0 Å². The second-order valence-corrected chi connectivity index (χ2v) is 9.34. The number of rotatable bonds is 8. The Labute approximate surface area is 199 Å². The zero-order valence-electron chi connectivity index (χ0n) is 16.4. The number of ketones is 1. The van der Waals surface area contributed by atoms with E-state index >= 15 is 0 Å². The number of Topliss-reactive ketones (excluding diaryl/α,β-unsaturated/α-hetero) is 1. The van der Waals surface area contributed by atoms with Crippen LogP contribution in [-0.2, 0) is 20.8 Å². The van der Waals surface area contributed by atoms with Gasteiger partial charge in [-0.05, 0) is 84.1 Å². The molecule has 0 aromatic heterocycles. The summed E-state index contributed by atoms with van der Waals surface area (Å²) in [7, 11) is 0. The lowest BCUT2D eigenvalue weighted by atomic mass is 9.93. The largest absolute Gasteiger partial charge is 0.451 e. The third kappa shape index (κ3) is 7.04. The number of hydrogen-bond acceptors (Lipinski definition) is 5. The molecule has 10 heteroatoms. The van der Waals surface area contributed by atoms with Crippen molar-refractivity contribution >= 4 is 65.4 Å². The molecule has 1 atom stereocenters. The van der Waals surface area contributed by atoms with Crippen LogP contribution in [-0.4, -0.2) is 41.4 Å². The third-order valence-corrected chi connectivity index (χ3v) is 5.92. The van der Waals surface area contributed by atoms with Crippen LogP contribution < -0.4 is 15.4 Å². The summed E-state index contributed by atoms with van der Waals surface area (Å²) in [5.41, 5.74) is -0.506. The summed E-state index contributed by atoms with van der Waals surface area (Å²) in [5, 5.41) is 16.2. The molecular weight excluding hydrogens is 588 g/mol. The number of allylic oxidation sites excluding steroid dienone is 1. The summed E-state index contributed by atoms with van der Waals surface area (Å²) < 4.78 is 7.24. The second-order valence-electron chi connectivity index (χ2n) is 6.78. The highest BCUT2D eigenvalue weighted by Crippen LogP contribution is 2.38. The van der Waals surface area contributed by atoms with Crippen LogP contribution in [0.25, 0.3) is 0 Å². The first-order chi connectivity index (χ1) is 14.0. The van der Waals surface area contributed by atoms with Gasteiger partial charge in [-0.3, -0.25) is 14.4 Å². The van der Waals surface area contributed by atoms with Gasteiger partial charge >= 0.3 is 0 Å². The smallest absolute Gasteiger partial charge is 0.234 e. The lowest BCUT2D eigenvalue weighted by Crippen LogP contribution is -2.35. The van der Waals surface area contributed by atoms with Crippen molar-refractivity contribution in [1.29, 1.82) is 0 Å². The summed E-state index contributed by atoms with van der Waals surface area (Å²) in [6.07, 6.45) is 3.52. The SMILES string of the molecule is CC(=O)NCCc1cc(Br)c(OC2=CC(O)(CCNC(C)=O)C=C(Br)C2=O)c(Br)c1. The molecule has 7 nitrogen and oxygen atoms in total. The topological polar surface area (TPSA) is 105 Å². The standard InChI is InChI=1S/C20H21Br3N2O5/c1-11(26)24-5-3-13-7-14(21)19(15(22)8-13)30-17-10-20(29,4-6-25-12(2)27)9-16(23)18(17)28/h7-10,29H,3-6H2,1-2H3,(H,24,26)(H,25,27). The summed E-state index contributed by atoms with van der Waals surface area (Å²) >= 11 is 10.1. The van der Waals surface area contributed by atoms with Crippen molar-refractivity contribution in [2.24, 2.45) is 0 Å². The molecule has 1 aromatic rings. The molecule has 0 saturated heterocycles. The molecule has 1 aromatic carbocycles. The van der Waals surface area contributed by atoms with Gasteiger partial charge in [0.2, 0.25) is 17.6 Å². The average Bonchev–Trinajstić information content (AvgIpc) is 2.61. The zero-order valence-corrected chi connectivity index (χ0v) is 21.1. The van der Waals surface area contributed by atoms with Crippen molar-refractivity contribution in [3.8, 4) is 5.75 Å². The van der Waals surface area contributed by atoms with E-state index in [0.29, 0.717) is 27.7 Å². The predicted molar refractivity (Wildman–Crippen MR) is 123 cm³/mol. The van der Waals surface area contributed by atoms with Crippen molar-refractivity contribution in [3.05, 3.63) is 49.0 Å². The maximum absolute atomic E-state index is 12.5. The first-order valence-electron chi connectivity index (χ1n) is 9.03. The van der Waals surface area contributed by atoms with Crippen LogP contribution in [0.5, 0.6) is 5.75 Å². The van der Waals surface area contributed by atoms with Crippen LogP contribution >= 0.6 is 47.8 Å². The molecule has 0 saturated carbocycles. The minimum Gasteiger partial charge on any atom is -0.451 e. The van der Waals surface area contributed by atoms with Crippen LogP contribution in [0.4, 0.5) is 0 Å². The molecular formula is C20H21Br3N2O5. The monoisotopic (exact) mass is 606 g/mol. The predicted octanol–water partition coefficient (Wildman–Crippen LogP) is 3.27. The van der Waals surface area contributed by atoms with E-state index in [0.717, 1.165) is 5.56 Å². The van der Waals surface area contributed by atoms with E-state index in [4.69, 9.17) is 4.74 Å². The Balaban J connectivity index is 2.21. The fraction of sp³-hybridized carbons (Fsp3) is 0.350. The van der Waals surface area contributed by atoms with Crippen LogP contribution in [0.1, 0.15) is 25.8 Å². The van der Waals surface area contributed by atoms with Gasteiger partial charge in [0.1, 0.15) is 5.60 Å². The molecule has 2 amide bonds. The molecule has 1 unspecified atom stereocenters. The molecule has 3 N–H and O–H groups in total. The molecule has 0 bridgehead atoms. The van der Waals surface area contributed by atoms with Crippen LogP contribution in [0.15, 0.2) is 43.5 Å². The summed E-state index contributed by atoms with van der Waals surface area (Å²) in [6, 6.07) is 3.67. The fourth-order valence-corrected chi connectivity index (χ4v) is 4.78. The molecule has 2 rings (SSSR count). The van der Waals surface area contributed by atoms with Crippen LogP contribution in [0.3, 0.4) is 0 Å². The van der Waals surface area contributed by atoms with Gasteiger partial charge in [-0.15, -0.1) is 0 Å². The van der Waals surface area contributed by atoms with E-state index < -0.39 is 11.4 Å². The molecule has 0 spiro atoms. The van der Waals surface area contributed by atoms with Crippen molar-refractivity contribution in [2.75, 3.05) is 13.1 Å². The van der Waals surface area contributed by atoms with Crippen molar-refractivity contribution in [3.63, 3.8) is 0 Å². The minimum absolute atomic E-state index is 0.0397. The summed E-state index contributed by atoms with van der Waals surface area (Å²) in [4.78, 5) is 34.6. The zero-order chi connectivity index (χ0) is 22.5. The fourth-order valence-electron chi connectivity index (χ4n) is 2.74. The normalized spacial score (nSPS) is 18.4. The average molecular weight is 609 g/mol. The first-order valence-corrected chi connectivity index (χ1v) is 11.4. The molecule has 1 aliphatic rings. The van der Waals surface area contributed by atoms with Crippen molar-refractivity contribution in [1.82, 2.24) is 10.6 Å². The third-order valence-electron chi connectivity index (χ3n) is 4.16. The molecule has 162 valence electrons. The Morgan fingerprint density at radius 2 is 1.60 bits per heavy atom. The number of halogens is 3. The molecule has 0 heterocycles. The second kappa shape index (κ2) is 10.7. The van der Waals surface area contributed by atoms with E-state index in [9.17, 15) is 19.5 Å². The maximum atomic E-state index is 12.5. The number of amides is 2. The number of nitrogens with one attached hydrogen (secondary N) is 2. The highest BCUT2D eigenvalue weighted by atomic mass is 79.9. The number of ether oxygens (including phenoxy) is 1. The van der Waals surface area contributed by atoms with Crippen molar-refractivity contribution < 1.29 is 24.2 Å². The number of carbonyl (C=O) groups is 3. The first kappa shape index (κ1) is 24.8. The van der Waals surface area contributed by atoms with Gasteiger partial charge < -0.3 is 20.5 Å². The number of aliphatic hydroxyl groups is 1. The van der Waals surface area contributed by atoms with Gasteiger partial charge in [0.05, 0.1) is 13.4 Å². The number of hydrogen-bond donors (Lipinski definition) is 3. The Kier molecular flexibility index (Phi) is 8.84. The van der Waals surface area contributed by atoms with Crippen molar-refractivity contribution in [2.45, 2.75) is 32.3 Å².